The monoisotopic (exact) mass is 270 g/mol. The molecular weight excluding hydrogens is 248 g/mol. The van der Waals surface area contributed by atoms with Gasteiger partial charge in [0, 0.05) is 31.8 Å². The summed E-state index contributed by atoms with van der Waals surface area (Å²) in [5, 5.41) is 0. The number of piperazine rings is 1. The second kappa shape index (κ2) is 7.13. The van der Waals surface area contributed by atoms with Crippen LogP contribution >= 0.6 is 0 Å². The Kier molecular flexibility index (Phi) is 5.82. The molecule has 1 heterocycles. The summed E-state index contributed by atoms with van der Waals surface area (Å²) in [5.74, 6) is -0.470. The second-order valence-corrected chi connectivity index (χ2v) is 4.86. The predicted octanol–water partition coefficient (Wildman–Crippen LogP) is 0.878. The van der Waals surface area contributed by atoms with Crippen molar-refractivity contribution in [2.24, 2.45) is 0 Å². The number of ether oxygens (including phenoxy) is 2. The van der Waals surface area contributed by atoms with Gasteiger partial charge < -0.3 is 19.3 Å². The summed E-state index contributed by atoms with van der Waals surface area (Å²) in [5.41, 5.74) is 0.331. The number of amides is 1. The van der Waals surface area contributed by atoms with Crippen molar-refractivity contribution < 1.29 is 19.1 Å². The van der Waals surface area contributed by atoms with Crippen molar-refractivity contribution >= 4 is 12.1 Å². The highest BCUT2D eigenvalue weighted by atomic mass is 16.6. The van der Waals surface area contributed by atoms with Crippen molar-refractivity contribution in [1.82, 2.24) is 9.80 Å². The molecule has 0 aliphatic carbocycles. The van der Waals surface area contributed by atoms with Gasteiger partial charge in [-0.15, -0.1) is 0 Å². The maximum absolute atomic E-state index is 11.8. The van der Waals surface area contributed by atoms with E-state index in [2.05, 4.69) is 11.5 Å². The zero-order valence-electron chi connectivity index (χ0n) is 11.8. The average molecular weight is 270 g/mol. The first-order valence-corrected chi connectivity index (χ1v) is 6.37. The van der Waals surface area contributed by atoms with Crippen LogP contribution in [0.3, 0.4) is 0 Å². The lowest BCUT2D eigenvalue weighted by Gasteiger charge is -2.32. The number of hydrogen-bond donors (Lipinski definition) is 0. The number of esters is 1. The molecule has 0 aromatic heterocycles. The molecule has 1 atom stereocenters. The molecule has 0 bridgehead atoms. The summed E-state index contributed by atoms with van der Waals surface area (Å²) in [7, 11) is 2.02. The van der Waals surface area contributed by atoms with Gasteiger partial charge in [0.05, 0.1) is 0 Å². The lowest BCUT2D eigenvalue weighted by atomic mass is 10.3. The van der Waals surface area contributed by atoms with Gasteiger partial charge in [-0.05, 0) is 20.9 Å². The van der Waals surface area contributed by atoms with Crippen LogP contribution in [0.15, 0.2) is 12.2 Å². The highest BCUT2D eigenvalue weighted by Gasteiger charge is 2.22. The Morgan fingerprint density at radius 2 is 1.84 bits per heavy atom. The van der Waals surface area contributed by atoms with Crippen LogP contribution in [0.1, 0.15) is 13.8 Å². The number of carbonyl (C=O) groups excluding carboxylic acids is 2. The van der Waals surface area contributed by atoms with E-state index in [0.717, 1.165) is 13.1 Å². The summed E-state index contributed by atoms with van der Waals surface area (Å²) in [6.45, 7) is 9.80. The molecule has 1 rings (SSSR count). The first-order valence-electron chi connectivity index (χ1n) is 6.37. The van der Waals surface area contributed by atoms with Crippen molar-refractivity contribution in [2.45, 2.75) is 20.0 Å². The van der Waals surface area contributed by atoms with Crippen LogP contribution in [0, 0.1) is 0 Å². The Morgan fingerprint density at radius 3 is 2.37 bits per heavy atom. The van der Waals surface area contributed by atoms with Gasteiger partial charge in [0.15, 0.2) is 0 Å². The first-order chi connectivity index (χ1) is 8.90. The van der Waals surface area contributed by atoms with Crippen molar-refractivity contribution in [1.29, 1.82) is 0 Å². The summed E-state index contributed by atoms with van der Waals surface area (Å²) < 4.78 is 10.1. The summed E-state index contributed by atoms with van der Waals surface area (Å²) in [6.07, 6.45) is -0.817. The molecule has 0 N–H and O–H groups in total. The number of carbonyl (C=O) groups is 2. The maximum atomic E-state index is 11.8. The molecule has 1 aliphatic rings. The summed E-state index contributed by atoms with van der Waals surface area (Å²) in [4.78, 5) is 26.8. The number of likely N-dealkylation sites (N-methyl/N-ethyl adjacent to an activating group) is 1. The van der Waals surface area contributed by atoms with Gasteiger partial charge in [0.1, 0.15) is 12.7 Å². The van der Waals surface area contributed by atoms with E-state index in [1.165, 1.54) is 0 Å². The molecule has 1 aliphatic heterocycles. The molecule has 6 nitrogen and oxygen atoms in total. The smallest absolute Gasteiger partial charge is 0.410 e. The Morgan fingerprint density at radius 1 is 1.26 bits per heavy atom. The maximum Gasteiger partial charge on any atom is 0.410 e. The highest BCUT2D eigenvalue weighted by molar-refractivity contribution is 5.86. The van der Waals surface area contributed by atoms with E-state index in [1.54, 1.807) is 18.7 Å². The lowest BCUT2D eigenvalue weighted by Crippen LogP contribution is -2.48. The van der Waals surface area contributed by atoms with Crippen LogP contribution in [0.5, 0.6) is 0 Å². The van der Waals surface area contributed by atoms with Crippen LogP contribution in [0.25, 0.3) is 0 Å². The molecule has 1 unspecified atom stereocenters. The normalized spacial score (nSPS) is 17.7. The van der Waals surface area contributed by atoms with E-state index in [0.29, 0.717) is 18.7 Å². The molecule has 0 spiro atoms. The molecule has 0 saturated carbocycles. The van der Waals surface area contributed by atoms with Gasteiger partial charge in [-0.1, -0.05) is 6.58 Å². The molecule has 1 fully saturated rings. The zero-order valence-corrected chi connectivity index (χ0v) is 11.8. The van der Waals surface area contributed by atoms with Gasteiger partial charge in [-0.2, -0.15) is 0 Å². The average Bonchev–Trinajstić information content (AvgIpc) is 2.36. The van der Waals surface area contributed by atoms with E-state index in [4.69, 9.17) is 9.47 Å². The number of rotatable bonds is 4. The van der Waals surface area contributed by atoms with Crippen molar-refractivity contribution in [2.75, 3.05) is 39.8 Å². The van der Waals surface area contributed by atoms with Crippen molar-refractivity contribution in [3.8, 4) is 0 Å². The Balaban J connectivity index is 2.28. The largest absolute Gasteiger partial charge is 0.458 e. The molecule has 6 heteroatoms. The topological polar surface area (TPSA) is 59.1 Å². The van der Waals surface area contributed by atoms with E-state index in [1.807, 2.05) is 7.05 Å². The molecule has 0 radical (unpaired) electrons. The van der Waals surface area contributed by atoms with Crippen LogP contribution in [-0.2, 0) is 14.3 Å². The van der Waals surface area contributed by atoms with Gasteiger partial charge in [-0.3, -0.25) is 0 Å². The third-order valence-corrected chi connectivity index (χ3v) is 2.86. The predicted molar refractivity (Wildman–Crippen MR) is 70.8 cm³/mol. The molecule has 1 amide bonds. The Hall–Kier alpha value is -1.56. The Bertz CT molecular complexity index is 349. The van der Waals surface area contributed by atoms with Crippen LogP contribution in [0.4, 0.5) is 4.79 Å². The van der Waals surface area contributed by atoms with E-state index < -0.39 is 12.1 Å². The molecule has 1 saturated heterocycles. The van der Waals surface area contributed by atoms with Crippen LogP contribution < -0.4 is 0 Å². The fraction of sp³-hybridized carbons (Fsp3) is 0.692. The van der Waals surface area contributed by atoms with Crippen molar-refractivity contribution in [3.05, 3.63) is 12.2 Å². The molecular formula is C13H22N2O4. The number of hydrogen-bond acceptors (Lipinski definition) is 5. The van der Waals surface area contributed by atoms with Gasteiger partial charge in [0.2, 0.25) is 0 Å². The van der Waals surface area contributed by atoms with Gasteiger partial charge >= 0.3 is 12.1 Å². The highest BCUT2D eigenvalue weighted by Crippen LogP contribution is 2.05. The molecule has 0 aromatic rings. The third-order valence-electron chi connectivity index (χ3n) is 2.86. The van der Waals surface area contributed by atoms with Crippen LogP contribution in [-0.4, -0.2) is 67.8 Å². The minimum atomic E-state index is -0.470. The first kappa shape index (κ1) is 15.5. The summed E-state index contributed by atoms with van der Waals surface area (Å²) >= 11 is 0. The lowest BCUT2D eigenvalue weighted by molar-refractivity contribution is -0.141. The van der Waals surface area contributed by atoms with Gasteiger partial charge in [0.25, 0.3) is 0 Å². The standard InChI is InChI=1S/C13H22N2O4/c1-10(2)12(16)18-9-11(3)19-13(17)15-7-5-14(4)6-8-15/h11H,1,5-9H2,2-4H3. The van der Waals surface area contributed by atoms with Crippen molar-refractivity contribution in [3.63, 3.8) is 0 Å². The molecule has 19 heavy (non-hydrogen) atoms. The fourth-order valence-corrected chi connectivity index (χ4v) is 1.59. The Labute approximate surface area is 113 Å². The van der Waals surface area contributed by atoms with Gasteiger partial charge in [-0.25, -0.2) is 9.59 Å². The van der Waals surface area contributed by atoms with E-state index >= 15 is 0 Å². The fourth-order valence-electron chi connectivity index (χ4n) is 1.59. The quantitative estimate of drug-likeness (QED) is 0.560. The summed E-state index contributed by atoms with van der Waals surface area (Å²) in [6, 6.07) is 0. The SMILES string of the molecule is C=C(C)C(=O)OCC(C)OC(=O)N1CCN(C)CC1. The molecule has 108 valence electrons. The van der Waals surface area contributed by atoms with Crippen LogP contribution in [0.2, 0.25) is 0 Å². The second-order valence-electron chi connectivity index (χ2n) is 4.86. The third kappa shape index (κ3) is 5.30. The zero-order chi connectivity index (χ0) is 14.4. The minimum Gasteiger partial charge on any atom is -0.458 e. The van der Waals surface area contributed by atoms with E-state index in [9.17, 15) is 9.59 Å². The minimum absolute atomic E-state index is 0.0468. The van der Waals surface area contributed by atoms with E-state index in [-0.39, 0.29) is 12.7 Å². The molecule has 0 aromatic carbocycles. The number of nitrogens with zero attached hydrogens (tertiary/aromatic N) is 2.